The van der Waals surface area contributed by atoms with E-state index in [0.717, 1.165) is 24.7 Å². The first-order chi connectivity index (χ1) is 11.2. The molecule has 1 aliphatic rings. The second kappa shape index (κ2) is 6.87. The Hall–Kier alpha value is -2.28. The number of pyridine rings is 1. The van der Waals surface area contributed by atoms with Gasteiger partial charge in [-0.1, -0.05) is 6.07 Å². The van der Waals surface area contributed by atoms with Crippen LogP contribution in [0, 0.1) is 11.7 Å². The lowest BCUT2D eigenvalue weighted by Gasteiger charge is -2.38. The Bertz CT molecular complexity index is 650. The Kier molecular flexibility index (Phi) is 4.66. The van der Waals surface area contributed by atoms with E-state index in [1.807, 2.05) is 18.2 Å². The molecule has 0 aliphatic heterocycles. The van der Waals surface area contributed by atoms with Gasteiger partial charge in [0.15, 0.2) is 0 Å². The number of hydrogen-bond acceptors (Lipinski definition) is 6. The highest BCUT2D eigenvalue weighted by molar-refractivity contribution is 5.31. The third-order valence-electron chi connectivity index (χ3n) is 4.09. The molecule has 0 spiro atoms. The Morgan fingerprint density at radius 1 is 1.39 bits per heavy atom. The van der Waals surface area contributed by atoms with Crippen molar-refractivity contribution in [1.82, 2.24) is 15.0 Å². The van der Waals surface area contributed by atoms with Crippen molar-refractivity contribution in [2.24, 2.45) is 5.92 Å². The average Bonchev–Trinajstić information content (AvgIpc) is 2.54. The van der Waals surface area contributed by atoms with Gasteiger partial charge in [0.1, 0.15) is 0 Å². The first kappa shape index (κ1) is 15.6. The minimum absolute atomic E-state index is 0.0171. The van der Waals surface area contributed by atoms with Crippen molar-refractivity contribution in [1.29, 1.82) is 0 Å². The summed E-state index contributed by atoms with van der Waals surface area (Å²) in [5.41, 5.74) is 0.945. The molecule has 23 heavy (non-hydrogen) atoms. The quantitative estimate of drug-likeness (QED) is 0.845. The fourth-order valence-electron chi connectivity index (χ4n) is 2.77. The van der Waals surface area contributed by atoms with Gasteiger partial charge in [-0.2, -0.15) is 9.37 Å². The first-order valence-electron chi connectivity index (χ1n) is 7.56. The number of aliphatic hydroxyl groups is 1. The highest BCUT2D eigenvalue weighted by Gasteiger charge is 2.34. The zero-order valence-electron chi connectivity index (χ0n) is 12.8. The summed E-state index contributed by atoms with van der Waals surface area (Å²) in [6.07, 6.45) is 4.71. The van der Waals surface area contributed by atoms with Gasteiger partial charge in [0.2, 0.25) is 11.8 Å². The molecule has 2 aromatic heterocycles. The molecule has 122 valence electrons. The second-order valence-electron chi connectivity index (χ2n) is 5.71. The van der Waals surface area contributed by atoms with Gasteiger partial charge in [-0.15, -0.1) is 0 Å². The molecule has 1 fully saturated rings. The van der Waals surface area contributed by atoms with Crippen molar-refractivity contribution in [3.8, 4) is 5.88 Å². The summed E-state index contributed by atoms with van der Waals surface area (Å²) in [6.45, 7) is 0. The third-order valence-corrected chi connectivity index (χ3v) is 4.09. The van der Waals surface area contributed by atoms with E-state index >= 15 is 0 Å². The van der Waals surface area contributed by atoms with Gasteiger partial charge in [-0.3, -0.25) is 4.98 Å². The van der Waals surface area contributed by atoms with Crippen LogP contribution < -0.4 is 10.1 Å². The fourth-order valence-corrected chi connectivity index (χ4v) is 2.77. The highest BCUT2D eigenvalue weighted by Crippen LogP contribution is 2.33. The van der Waals surface area contributed by atoms with Crippen LogP contribution in [0.5, 0.6) is 5.88 Å². The number of hydrogen-bond donors (Lipinski definition) is 2. The summed E-state index contributed by atoms with van der Waals surface area (Å²) < 4.78 is 18.3. The van der Waals surface area contributed by atoms with E-state index in [0.29, 0.717) is 18.3 Å². The standard InChI is InChI=1S/C16H19FN4O2/c1-23-15-13(17)9-19-16(21-15)20-14(10-6-12(22)7-10)8-11-4-2-3-5-18-11/h2-5,9-10,12,14,22H,6-8H2,1H3,(H,19,20,21)/t10?,12?,14-/m0/s1. The number of aromatic nitrogens is 3. The number of anilines is 1. The summed E-state index contributed by atoms with van der Waals surface area (Å²) in [4.78, 5) is 12.3. The Morgan fingerprint density at radius 3 is 2.87 bits per heavy atom. The van der Waals surface area contributed by atoms with Crippen molar-refractivity contribution in [3.63, 3.8) is 0 Å². The molecule has 7 heteroatoms. The number of methoxy groups -OCH3 is 1. The zero-order valence-corrected chi connectivity index (χ0v) is 12.8. The van der Waals surface area contributed by atoms with Gasteiger partial charge in [0.25, 0.3) is 5.88 Å². The topological polar surface area (TPSA) is 80.2 Å². The van der Waals surface area contributed by atoms with E-state index in [4.69, 9.17) is 4.74 Å². The first-order valence-corrected chi connectivity index (χ1v) is 7.56. The van der Waals surface area contributed by atoms with Crippen molar-refractivity contribution in [3.05, 3.63) is 42.1 Å². The molecule has 2 heterocycles. The maximum absolute atomic E-state index is 13.4. The maximum Gasteiger partial charge on any atom is 0.255 e. The molecule has 3 rings (SSSR count). The molecule has 0 radical (unpaired) electrons. The van der Waals surface area contributed by atoms with Crippen molar-refractivity contribution >= 4 is 5.95 Å². The van der Waals surface area contributed by atoms with Crippen LogP contribution in [0.4, 0.5) is 10.3 Å². The lowest BCUT2D eigenvalue weighted by atomic mass is 9.76. The number of rotatable bonds is 6. The molecule has 1 aliphatic carbocycles. The monoisotopic (exact) mass is 318 g/mol. The molecule has 1 atom stereocenters. The Balaban J connectivity index is 1.75. The van der Waals surface area contributed by atoms with Crippen molar-refractivity contribution < 1.29 is 14.2 Å². The van der Waals surface area contributed by atoms with Gasteiger partial charge in [-0.05, 0) is 30.9 Å². The smallest absolute Gasteiger partial charge is 0.255 e. The van der Waals surface area contributed by atoms with Gasteiger partial charge < -0.3 is 15.2 Å². The number of nitrogens with one attached hydrogen (secondary N) is 1. The second-order valence-corrected chi connectivity index (χ2v) is 5.71. The maximum atomic E-state index is 13.4. The highest BCUT2D eigenvalue weighted by atomic mass is 19.1. The minimum Gasteiger partial charge on any atom is -0.479 e. The zero-order chi connectivity index (χ0) is 16.2. The summed E-state index contributed by atoms with van der Waals surface area (Å²) in [5.74, 6) is -0.0802. The van der Waals surface area contributed by atoms with Crippen molar-refractivity contribution in [2.75, 3.05) is 12.4 Å². The largest absolute Gasteiger partial charge is 0.479 e. The minimum atomic E-state index is -0.599. The molecule has 1 saturated carbocycles. The van der Waals surface area contributed by atoms with Crippen LogP contribution in [0.25, 0.3) is 0 Å². The number of ether oxygens (including phenoxy) is 1. The van der Waals surface area contributed by atoms with Crippen LogP contribution in [0.3, 0.4) is 0 Å². The van der Waals surface area contributed by atoms with E-state index in [1.165, 1.54) is 7.11 Å². The van der Waals surface area contributed by atoms with E-state index in [-0.39, 0.29) is 18.0 Å². The lowest BCUT2D eigenvalue weighted by Crippen LogP contribution is -2.42. The van der Waals surface area contributed by atoms with Gasteiger partial charge >= 0.3 is 0 Å². The fraction of sp³-hybridized carbons (Fsp3) is 0.438. The lowest BCUT2D eigenvalue weighted by molar-refractivity contribution is 0.0340. The van der Waals surface area contributed by atoms with Crippen LogP contribution in [0.1, 0.15) is 18.5 Å². The summed E-state index contributed by atoms with van der Waals surface area (Å²) in [7, 11) is 1.36. The Morgan fingerprint density at radius 2 is 2.22 bits per heavy atom. The molecule has 2 N–H and O–H groups in total. The number of halogens is 1. The van der Waals surface area contributed by atoms with Gasteiger partial charge in [0.05, 0.1) is 19.4 Å². The molecular formula is C16H19FN4O2. The van der Waals surface area contributed by atoms with Crippen LogP contribution in [-0.4, -0.2) is 39.3 Å². The third kappa shape index (κ3) is 3.73. The van der Waals surface area contributed by atoms with Crippen LogP contribution in [0.2, 0.25) is 0 Å². The molecule has 2 aromatic rings. The molecule has 0 aromatic carbocycles. The van der Waals surface area contributed by atoms with E-state index in [9.17, 15) is 9.50 Å². The normalized spacial score (nSPS) is 21.3. The number of nitrogens with zero attached hydrogens (tertiary/aromatic N) is 3. The predicted octanol–water partition coefficient (Wildman–Crippen LogP) is 1.81. The van der Waals surface area contributed by atoms with Crippen LogP contribution in [-0.2, 0) is 6.42 Å². The molecule has 0 amide bonds. The molecule has 0 unspecified atom stereocenters. The van der Waals surface area contributed by atoms with E-state index < -0.39 is 5.82 Å². The van der Waals surface area contributed by atoms with E-state index in [1.54, 1.807) is 6.20 Å². The van der Waals surface area contributed by atoms with Crippen LogP contribution >= 0.6 is 0 Å². The summed E-state index contributed by atoms with van der Waals surface area (Å²) in [6, 6.07) is 5.78. The molecule has 0 saturated heterocycles. The molecular weight excluding hydrogens is 299 g/mol. The van der Waals surface area contributed by atoms with Gasteiger partial charge in [-0.25, -0.2) is 4.98 Å². The number of aliphatic hydroxyl groups excluding tert-OH is 1. The van der Waals surface area contributed by atoms with Crippen LogP contribution in [0.15, 0.2) is 30.6 Å². The average molecular weight is 318 g/mol. The molecule has 6 nitrogen and oxygen atoms in total. The predicted molar refractivity (Wildman–Crippen MR) is 82.6 cm³/mol. The van der Waals surface area contributed by atoms with Crippen molar-refractivity contribution in [2.45, 2.75) is 31.4 Å². The Labute approximate surface area is 133 Å². The van der Waals surface area contributed by atoms with Gasteiger partial charge in [0, 0.05) is 24.4 Å². The SMILES string of the molecule is COc1nc(N[C@@H](Cc2ccccn2)C2CC(O)C2)ncc1F. The summed E-state index contributed by atoms with van der Waals surface area (Å²) in [5, 5.41) is 12.8. The summed E-state index contributed by atoms with van der Waals surface area (Å²) >= 11 is 0. The molecule has 0 bridgehead atoms. The van der Waals surface area contributed by atoms with E-state index in [2.05, 4.69) is 20.3 Å².